The average Bonchev–Trinajstić information content (AvgIpc) is 2.80. The molecule has 1 fully saturated rings. The van der Waals surface area contributed by atoms with Gasteiger partial charge in [0, 0.05) is 24.8 Å². The highest BCUT2D eigenvalue weighted by Gasteiger charge is 2.16. The van der Waals surface area contributed by atoms with Crippen LogP contribution in [0.25, 0.3) is 10.9 Å². The quantitative estimate of drug-likeness (QED) is 0.671. The zero-order valence-corrected chi connectivity index (χ0v) is 17.1. The lowest BCUT2D eigenvalue weighted by atomic mass is 10.1. The Hall–Kier alpha value is -3.55. The fourth-order valence-corrected chi connectivity index (χ4v) is 3.46. The Morgan fingerprint density at radius 3 is 2.37 bits per heavy atom. The minimum atomic E-state index is -0.0637. The number of anilines is 1. The van der Waals surface area contributed by atoms with Crippen LogP contribution in [0.15, 0.2) is 42.7 Å². The predicted octanol–water partition coefficient (Wildman–Crippen LogP) is 4.46. The van der Waals surface area contributed by atoms with Crippen LogP contribution in [0.2, 0.25) is 0 Å². The van der Waals surface area contributed by atoms with Gasteiger partial charge in [-0.15, -0.1) is 0 Å². The fraction of sp³-hybridized carbons (Fsp3) is 0.318. The first-order valence-electron chi connectivity index (χ1n) is 9.88. The van der Waals surface area contributed by atoms with E-state index >= 15 is 0 Å². The summed E-state index contributed by atoms with van der Waals surface area (Å²) in [4.78, 5) is 22.7. The molecule has 8 heteroatoms. The zero-order chi connectivity index (χ0) is 20.9. The van der Waals surface area contributed by atoms with Crippen molar-refractivity contribution in [3.63, 3.8) is 0 Å². The number of benzene rings is 2. The number of hydrogen-bond donors (Lipinski definition) is 1. The van der Waals surface area contributed by atoms with Crippen molar-refractivity contribution in [2.45, 2.75) is 19.3 Å². The summed E-state index contributed by atoms with van der Waals surface area (Å²) in [5.41, 5.74) is 1.40. The number of aromatic nitrogens is 2. The second-order valence-corrected chi connectivity index (χ2v) is 7.01. The largest absolute Gasteiger partial charge is 0.493 e. The molecule has 0 radical (unpaired) electrons. The summed E-state index contributed by atoms with van der Waals surface area (Å²) >= 11 is 0. The summed E-state index contributed by atoms with van der Waals surface area (Å²) < 4.78 is 16.7. The van der Waals surface area contributed by atoms with Gasteiger partial charge in [0.2, 0.25) is 5.88 Å². The van der Waals surface area contributed by atoms with Gasteiger partial charge < -0.3 is 24.4 Å². The lowest BCUT2D eigenvalue weighted by Gasteiger charge is -2.26. The number of rotatable bonds is 5. The van der Waals surface area contributed by atoms with Crippen LogP contribution < -0.4 is 19.5 Å². The minimum absolute atomic E-state index is 0.0637. The van der Waals surface area contributed by atoms with Gasteiger partial charge in [0.15, 0.2) is 11.5 Å². The number of urea groups is 1. The first kappa shape index (κ1) is 19.8. The van der Waals surface area contributed by atoms with Gasteiger partial charge in [-0.25, -0.2) is 14.8 Å². The molecule has 30 heavy (non-hydrogen) atoms. The van der Waals surface area contributed by atoms with Gasteiger partial charge in [0.25, 0.3) is 0 Å². The van der Waals surface area contributed by atoms with Gasteiger partial charge in [-0.3, -0.25) is 0 Å². The molecular formula is C22H24N4O4. The Labute approximate surface area is 174 Å². The van der Waals surface area contributed by atoms with Crippen LogP contribution in [0, 0.1) is 0 Å². The minimum Gasteiger partial charge on any atom is -0.493 e. The number of amides is 2. The number of ether oxygens (including phenoxy) is 3. The highest BCUT2D eigenvalue weighted by molar-refractivity contribution is 5.89. The molecule has 8 nitrogen and oxygen atoms in total. The maximum Gasteiger partial charge on any atom is 0.321 e. The smallest absolute Gasteiger partial charge is 0.321 e. The van der Waals surface area contributed by atoms with Crippen LogP contribution in [0.1, 0.15) is 19.3 Å². The van der Waals surface area contributed by atoms with Crippen LogP contribution in [-0.4, -0.2) is 48.2 Å². The van der Waals surface area contributed by atoms with E-state index in [0.29, 0.717) is 34.0 Å². The molecular weight excluding hydrogens is 384 g/mol. The number of methoxy groups -OCH3 is 2. The third kappa shape index (κ3) is 4.22. The van der Waals surface area contributed by atoms with Crippen LogP contribution in [0.5, 0.6) is 23.1 Å². The van der Waals surface area contributed by atoms with E-state index in [-0.39, 0.29) is 6.03 Å². The Bertz CT molecular complexity index is 1030. The Morgan fingerprint density at radius 1 is 0.967 bits per heavy atom. The second kappa shape index (κ2) is 8.86. The SMILES string of the molecule is COc1cc2ncnc(Oc3ccc(NC(=O)N4CCCCC4)cc3)c2cc1OC. The van der Waals surface area contributed by atoms with Crippen molar-refractivity contribution in [3.05, 3.63) is 42.7 Å². The molecule has 1 aromatic heterocycles. The van der Waals surface area contributed by atoms with Crippen LogP contribution in [0.4, 0.5) is 10.5 Å². The molecule has 1 N–H and O–H groups in total. The molecule has 4 rings (SSSR count). The van der Waals surface area contributed by atoms with E-state index in [1.807, 2.05) is 17.0 Å². The molecule has 3 aromatic rings. The van der Waals surface area contributed by atoms with Crippen molar-refractivity contribution < 1.29 is 19.0 Å². The van der Waals surface area contributed by atoms with Gasteiger partial charge in [-0.05, 0) is 49.6 Å². The number of nitrogens with one attached hydrogen (secondary N) is 1. The van der Waals surface area contributed by atoms with Crippen LogP contribution in [-0.2, 0) is 0 Å². The summed E-state index contributed by atoms with van der Waals surface area (Å²) in [6.07, 6.45) is 4.75. The number of fused-ring (bicyclic) bond motifs is 1. The number of piperidine rings is 1. The third-order valence-electron chi connectivity index (χ3n) is 5.07. The molecule has 156 valence electrons. The second-order valence-electron chi connectivity index (χ2n) is 7.01. The van der Waals surface area contributed by atoms with E-state index in [9.17, 15) is 4.79 Å². The van der Waals surface area contributed by atoms with Gasteiger partial charge in [-0.1, -0.05) is 0 Å². The first-order chi connectivity index (χ1) is 14.7. The molecule has 1 aliphatic rings. The maximum absolute atomic E-state index is 12.3. The number of carbonyl (C=O) groups is 1. The predicted molar refractivity (Wildman–Crippen MR) is 114 cm³/mol. The van der Waals surface area contributed by atoms with Gasteiger partial charge in [0.05, 0.1) is 25.1 Å². The molecule has 2 heterocycles. The Morgan fingerprint density at radius 2 is 1.67 bits per heavy atom. The van der Waals surface area contributed by atoms with E-state index < -0.39 is 0 Å². The molecule has 0 bridgehead atoms. The molecule has 2 amide bonds. The lowest BCUT2D eigenvalue weighted by Crippen LogP contribution is -2.38. The van der Waals surface area contributed by atoms with Crippen molar-refractivity contribution in [1.29, 1.82) is 0 Å². The maximum atomic E-state index is 12.3. The molecule has 0 unspecified atom stereocenters. The highest BCUT2D eigenvalue weighted by atomic mass is 16.5. The standard InChI is InChI=1S/C22H24N4O4/c1-28-19-12-17-18(13-20(19)29-2)23-14-24-21(17)30-16-8-6-15(7-9-16)25-22(27)26-10-4-3-5-11-26/h6-9,12-14H,3-5,10-11H2,1-2H3,(H,25,27). The normalized spacial score (nSPS) is 13.7. The summed E-state index contributed by atoms with van der Waals surface area (Å²) in [6, 6.07) is 10.7. The van der Waals surface area contributed by atoms with E-state index in [0.717, 1.165) is 31.6 Å². The van der Waals surface area contributed by atoms with Gasteiger partial charge in [0.1, 0.15) is 12.1 Å². The van der Waals surface area contributed by atoms with E-state index in [4.69, 9.17) is 14.2 Å². The molecule has 0 aliphatic carbocycles. The number of carbonyl (C=O) groups excluding carboxylic acids is 1. The number of likely N-dealkylation sites (tertiary alicyclic amines) is 1. The number of hydrogen-bond acceptors (Lipinski definition) is 6. The zero-order valence-electron chi connectivity index (χ0n) is 17.1. The monoisotopic (exact) mass is 408 g/mol. The highest BCUT2D eigenvalue weighted by Crippen LogP contribution is 2.35. The van der Waals surface area contributed by atoms with Crippen molar-refractivity contribution >= 4 is 22.6 Å². The van der Waals surface area contributed by atoms with Crippen molar-refractivity contribution in [2.75, 3.05) is 32.6 Å². The molecule has 2 aromatic carbocycles. The molecule has 0 spiro atoms. The van der Waals surface area contributed by atoms with Gasteiger partial charge >= 0.3 is 6.03 Å². The summed E-state index contributed by atoms with van der Waals surface area (Å²) in [7, 11) is 3.15. The Kier molecular flexibility index (Phi) is 5.83. The fourth-order valence-electron chi connectivity index (χ4n) is 3.46. The van der Waals surface area contributed by atoms with E-state index in [1.165, 1.54) is 12.7 Å². The Balaban J connectivity index is 1.50. The molecule has 0 atom stereocenters. The topological polar surface area (TPSA) is 85.8 Å². The average molecular weight is 408 g/mol. The molecule has 0 saturated carbocycles. The van der Waals surface area contributed by atoms with Crippen LogP contribution in [0.3, 0.4) is 0 Å². The lowest BCUT2D eigenvalue weighted by molar-refractivity contribution is 0.200. The van der Waals surface area contributed by atoms with Crippen molar-refractivity contribution in [1.82, 2.24) is 14.9 Å². The van der Waals surface area contributed by atoms with E-state index in [2.05, 4.69) is 15.3 Å². The molecule has 1 aliphatic heterocycles. The van der Waals surface area contributed by atoms with Crippen molar-refractivity contribution in [2.24, 2.45) is 0 Å². The summed E-state index contributed by atoms with van der Waals surface area (Å²) in [5, 5.41) is 3.64. The van der Waals surface area contributed by atoms with Gasteiger partial charge in [-0.2, -0.15) is 0 Å². The summed E-state index contributed by atoms with van der Waals surface area (Å²) in [6.45, 7) is 1.62. The molecule has 1 saturated heterocycles. The van der Waals surface area contributed by atoms with Crippen LogP contribution >= 0.6 is 0 Å². The summed E-state index contributed by atoms with van der Waals surface area (Å²) in [5.74, 6) is 2.16. The first-order valence-corrected chi connectivity index (χ1v) is 9.88. The third-order valence-corrected chi connectivity index (χ3v) is 5.07. The van der Waals surface area contributed by atoms with Crippen molar-refractivity contribution in [3.8, 4) is 23.1 Å². The number of nitrogens with zero attached hydrogens (tertiary/aromatic N) is 3. The van der Waals surface area contributed by atoms with E-state index in [1.54, 1.807) is 38.5 Å².